The quantitative estimate of drug-likeness (QED) is 0.743. The maximum Gasteiger partial charge on any atom is 0.258 e. The smallest absolute Gasteiger partial charge is 0.258 e. The van der Waals surface area contributed by atoms with Gasteiger partial charge in [0.05, 0.1) is 17.4 Å². The number of amides is 1. The molecule has 0 heterocycles. The monoisotopic (exact) mass is 387 g/mol. The first-order chi connectivity index (χ1) is 12.8. The normalized spacial score (nSPS) is 11.0. The molecule has 0 saturated heterocycles. The molecule has 2 rings (SSSR count). The molecule has 142 valence electrons. The molecule has 8 heteroatoms. The van der Waals surface area contributed by atoms with Crippen molar-refractivity contribution < 1.29 is 17.9 Å². The summed E-state index contributed by atoms with van der Waals surface area (Å²) in [6, 6.07) is 15.4. The lowest BCUT2D eigenvalue weighted by atomic mass is 10.2. The van der Waals surface area contributed by atoms with Gasteiger partial charge in [-0.05, 0) is 35.4 Å². The third-order valence-electron chi connectivity index (χ3n) is 3.77. The zero-order valence-corrected chi connectivity index (χ0v) is 16.0. The van der Waals surface area contributed by atoms with E-state index in [2.05, 4.69) is 11.4 Å². The van der Waals surface area contributed by atoms with Crippen molar-refractivity contribution in [3.8, 4) is 11.8 Å². The van der Waals surface area contributed by atoms with Gasteiger partial charge in [0.25, 0.3) is 5.91 Å². The van der Waals surface area contributed by atoms with Gasteiger partial charge in [-0.1, -0.05) is 24.3 Å². The molecule has 0 aliphatic heterocycles. The number of hydrogen-bond donors (Lipinski definition) is 1. The first-order valence-corrected chi connectivity index (χ1v) is 9.64. The van der Waals surface area contributed by atoms with Crippen LogP contribution in [-0.4, -0.2) is 39.3 Å². The van der Waals surface area contributed by atoms with Gasteiger partial charge in [-0.25, -0.2) is 12.7 Å². The summed E-state index contributed by atoms with van der Waals surface area (Å²) in [6.45, 7) is 0.135. The second-order valence-corrected chi connectivity index (χ2v) is 8.13. The molecule has 0 bridgehead atoms. The molecule has 2 aromatic rings. The van der Waals surface area contributed by atoms with Crippen molar-refractivity contribution in [2.45, 2.75) is 17.9 Å². The van der Waals surface area contributed by atoms with Gasteiger partial charge in [-0.3, -0.25) is 4.79 Å². The molecule has 0 atom stereocenters. The fourth-order valence-corrected chi connectivity index (χ4v) is 3.09. The van der Waals surface area contributed by atoms with Gasteiger partial charge in [0, 0.05) is 20.6 Å². The standard InChI is InChI=1S/C19H21N3O4S/c1-22(2)27(24,25)18-9-5-16(6-10-18)13-21-19(23)14-26-17-7-3-15(4-8-17)11-12-20/h3-10H,11,13-14H2,1-2H3,(H,21,23). The van der Waals surface area contributed by atoms with Crippen LogP contribution in [0.15, 0.2) is 53.4 Å². The fourth-order valence-electron chi connectivity index (χ4n) is 2.19. The minimum absolute atomic E-state index is 0.134. The van der Waals surface area contributed by atoms with E-state index in [0.717, 1.165) is 15.4 Å². The lowest BCUT2D eigenvalue weighted by Crippen LogP contribution is -2.28. The number of sulfonamides is 1. The number of nitriles is 1. The maximum absolute atomic E-state index is 12.0. The molecular weight excluding hydrogens is 366 g/mol. The number of rotatable bonds is 8. The molecule has 27 heavy (non-hydrogen) atoms. The highest BCUT2D eigenvalue weighted by Gasteiger charge is 2.16. The first kappa shape index (κ1) is 20.4. The van der Waals surface area contributed by atoms with E-state index in [4.69, 9.17) is 10.00 Å². The van der Waals surface area contributed by atoms with E-state index in [1.54, 1.807) is 36.4 Å². The molecule has 7 nitrogen and oxygen atoms in total. The summed E-state index contributed by atoms with van der Waals surface area (Å²) >= 11 is 0. The van der Waals surface area contributed by atoms with Crippen LogP contribution in [0.1, 0.15) is 11.1 Å². The van der Waals surface area contributed by atoms with Crippen LogP contribution in [0.2, 0.25) is 0 Å². The van der Waals surface area contributed by atoms with Crippen molar-refractivity contribution in [2.24, 2.45) is 0 Å². The third-order valence-corrected chi connectivity index (χ3v) is 5.60. The molecule has 1 amide bonds. The Balaban J connectivity index is 1.82. The van der Waals surface area contributed by atoms with Gasteiger partial charge in [0.1, 0.15) is 5.75 Å². The number of benzene rings is 2. The Hall–Kier alpha value is -2.89. The summed E-state index contributed by atoms with van der Waals surface area (Å²) in [5.41, 5.74) is 1.66. The molecule has 0 unspecified atom stereocenters. The van der Waals surface area contributed by atoms with E-state index < -0.39 is 10.0 Å². The van der Waals surface area contributed by atoms with Crippen LogP contribution in [-0.2, 0) is 27.8 Å². The molecule has 0 saturated carbocycles. The lowest BCUT2D eigenvalue weighted by molar-refractivity contribution is -0.123. The molecule has 1 N–H and O–H groups in total. The zero-order valence-electron chi connectivity index (χ0n) is 15.2. The van der Waals surface area contributed by atoms with Gasteiger partial charge in [0.15, 0.2) is 6.61 Å². The van der Waals surface area contributed by atoms with E-state index in [9.17, 15) is 13.2 Å². The van der Waals surface area contributed by atoms with Crippen LogP contribution >= 0.6 is 0 Å². The van der Waals surface area contributed by atoms with Crippen molar-refractivity contribution in [3.63, 3.8) is 0 Å². The SMILES string of the molecule is CN(C)S(=O)(=O)c1ccc(CNC(=O)COc2ccc(CC#N)cc2)cc1. The zero-order chi connectivity index (χ0) is 19.9. The van der Waals surface area contributed by atoms with Gasteiger partial charge < -0.3 is 10.1 Å². The van der Waals surface area contributed by atoms with E-state index in [1.165, 1.54) is 26.2 Å². The predicted octanol–water partition coefficient (Wildman–Crippen LogP) is 1.70. The van der Waals surface area contributed by atoms with Gasteiger partial charge in [0.2, 0.25) is 10.0 Å². The lowest BCUT2D eigenvalue weighted by Gasteiger charge is -2.12. The van der Waals surface area contributed by atoms with Gasteiger partial charge in [-0.15, -0.1) is 0 Å². The largest absolute Gasteiger partial charge is 0.484 e. The van der Waals surface area contributed by atoms with E-state index in [-0.39, 0.29) is 24.0 Å². The number of ether oxygens (including phenoxy) is 1. The summed E-state index contributed by atoms with van der Waals surface area (Å²) < 4.78 is 30.6. The van der Waals surface area contributed by atoms with Gasteiger partial charge >= 0.3 is 0 Å². The molecular formula is C19H21N3O4S. The summed E-state index contributed by atoms with van der Waals surface area (Å²) in [4.78, 5) is 12.1. The Labute approximate surface area is 159 Å². The van der Waals surface area contributed by atoms with E-state index in [1.807, 2.05) is 0 Å². The van der Waals surface area contributed by atoms with Crippen molar-refractivity contribution in [1.82, 2.24) is 9.62 Å². The Morgan fingerprint density at radius 3 is 2.22 bits per heavy atom. The first-order valence-electron chi connectivity index (χ1n) is 8.20. The second-order valence-electron chi connectivity index (χ2n) is 5.98. The van der Waals surface area contributed by atoms with Crippen molar-refractivity contribution in [1.29, 1.82) is 5.26 Å². The average molecular weight is 387 g/mol. The molecule has 0 aliphatic rings. The molecule has 0 aromatic heterocycles. The Kier molecular flexibility index (Phi) is 6.93. The highest BCUT2D eigenvalue weighted by atomic mass is 32.2. The highest BCUT2D eigenvalue weighted by molar-refractivity contribution is 7.89. The molecule has 0 radical (unpaired) electrons. The van der Waals surface area contributed by atoms with E-state index >= 15 is 0 Å². The van der Waals surface area contributed by atoms with E-state index in [0.29, 0.717) is 12.2 Å². The average Bonchev–Trinajstić information content (AvgIpc) is 2.66. The molecule has 0 spiro atoms. The van der Waals surface area contributed by atoms with Crippen LogP contribution in [0.4, 0.5) is 0 Å². The molecule has 2 aromatic carbocycles. The van der Waals surface area contributed by atoms with Crippen LogP contribution < -0.4 is 10.1 Å². The highest BCUT2D eigenvalue weighted by Crippen LogP contribution is 2.14. The summed E-state index contributed by atoms with van der Waals surface area (Å²) in [5, 5.41) is 11.3. The van der Waals surface area contributed by atoms with Crippen LogP contribution in [0, 0.1) is 11.3 Å². The number of nitrogens with one attached hydrogen (secondary N) is 1. The number of hydrogen-bond acceptors (Lipinski definition) is 5. The van der Waals surface area contributed by atoms with Crippen molar-refractivity contribution in [2.75, 3.05) is 20.7 Å². The maximum atomic E-state index is 12.0. The number of carbonyl (C=O) groups is 1. The van der Waals surface area contributed by atoms with Crippen LogP contribution in [0.3, 0.4) is 0 Å². The number of carbonyl (C=O) groups excluding carboxylic acids is 1. The summed E-state index contributed by atoms with van der Waals surface area (Å²) in [5.74, 6) is 0.256. The fraction of sp³-hybridized carbons (Fsp3) is 0.263. The molecule has 0 aliphatic carbocycles. The van der Waals surface area contributed by atoms with Gasteiger partial charge in [-0.2, -0.15) is 5.26 Å². The van der Waals surface area contributed by atoms with Crippen LogP contribution in [0.25, 0.3) is 0 Å². The topological polar surface area (TPSA) is 99.5 Å². The second kappa shape index (κ2) is 9.16. The Bertz CT molecular complexity index is 915. The van der Waals surface area contributed by atoms with Crippen molar-refractivity contribution >= 4 is 15.9 Å². The third kappa shape index (κ3) is 5.81. The Morgan fingerprint density at radius 2 is 1.67 bits per heavy atom. The predicted molar refractivity (Wildman–Crippen MR) is 100 cm³/mol. The van der Waals surface area contributed by atoms with Crippen LogP contribution in [0.5, 0.6) is 5.75 Å². The minimum atomic E-state index is -3.46. The Morgan fingerprint density at radius 1 is 1.07 bits per heavy atom. The summed E-state index contributed by atoms with van der Waals surface area (Å²) in [7, 11) is -0.517. The van der Waals surface area contributed by atoms with Crippen molar-refractivity contribution in [3.05, 3.63) is 59.7 Å². The summed E-state index contributed by atoms with van der Waals surface area (Å²) in [6.07, 6.45) is 0.329. The minimum Gasteiger partial charge on any atom is -0.484 e. The number of nitrogens with zero attached hydrogens (tertiary/aromatic N) is 2. The molecule has 0 fully saturated rings.